The van der Waals surface area contributed by atoms with Gasteiger partial charge in [-0.05, 0) is 51.0 Å². The van der Waals surface area contributed by atoms with E-state index in [1.165, 1.54) is 0 Å². The quantitative estimate of drug-likeness (QED) is 0.517. The van der Waals surface area contributed by atoms with E-state index in [1.54, 1.807) is 13.3 Å². The maximum Gasteiger partial charge on any atom is 0.258 e. The highest BCUT2D eigenvalue weighted by atomic mass is 16.5. The molecule has 2 fully saturated rings. The van der Waals surface area contributed by atoms with E-state index < -0.39 is 5.72 Å². The normalized spacial score (nSPS) is 24.9. The highest BCUT2D eigenvalue weighted by Gasteiger charge is 2.63. The minimum atomic E-state index is -0.658. The molecular formula is C27H28N4O4. The fraction of sp³-hybridized carbons (Fsp3) is 0.407. The summed E-state index contributed by atoms with van der Waals surface area (Å²) in [6, 6.07) is 11.9. The number of hydrogen-bond acceptors (Lipinski definition) is 7. The van der Waals surface area contributed by atoms with Gasteiger partial charge in [-0.1, -0.05) is 23.4 Å². The summed E-state index contributed by atoms with van der Waals surface area (Å²) in [5, 5.41) is 4.32. The van der Waals surface area contributed by atoms with Crippen molar-refractivity contribution in [3.05, 3.63) is 53.1 Å². The fourth-order valence-electron chi connectivity index (χ4n) is 5.88. The van der Waals surface area contributed by atoms with Crippen LogP contribution < -0.4 is 4.74 Å². The van der Waals surface area contributed by atoms with Crippen LogP contribution in [0.3, 0.4) is 0 Å². The summed E-state index contributed by atoms with van der Waals surface area (Å²) in [4.78, 5) is 23.6. The molecule has 1 amide bonds. The summed E-state index contributed by atoms with van der Waals surface area (Å²) in [6.45, 7) is 6.59. The number of fused-ring (bicyclic) bond motifs is 1. The Bertz CT molecular complexity index is 1350. The van der Waals surface area contributed by atoms with Crippen molar-refractivity contribution in [2.45, 2.75) is 51.5 Å². The largest absolute Gasteiger partial charge is 0.490 e. The second-order valence-electron chi connectivity index (χ2n) is 9.79. The highest BCUT2D eigenvalue weighted by Crippen LogP contribution is 2.57. The number of benzene rings is 2. The van der Waals surface area contributed by atoms with Gasteiger partial charge < -0.3 is 18.9 Å². The summed E-state index contributed by atoms with van der Waals surface area (Å²) in [6.07, 6.45) is 3.07. The number of aliphatic imine (C=N–C) groups is 1. The Kier molecular flexibility index (Phi) is 5.03. The van der Waals surface area contributed by atoms with E-state index in [0.717, 1.165) is 40.0 Å². The first-order chi connectivity index (χ1) is 16.9. The van der Waals surface area contributed by atoms with Crippen LogP contribution in [0.15, 0.2) is 45.9 Å². The lowest BCUT2D eigenvalue weighted by Crippen LogP contribution is -2.43. The first-order valence-corrected chi connectivity index (χ1v) is 12.1. The first kappa shape index (κ1) is 22.0. The zero-order chi connectivity index (χ0) is 24.3. The zero-order valence-electron chi connectivity index (χ0n) is 20.3. The van der Waals surface area contributed by atoms with Crippen molar-refractivity contribution in [1.29, 1.82) is 0 Å². The Hall–Kier alpha value is -3.52. The van der Waals surface area contributed by atoms with Gasteiger partial charge in [0.15, 0.2) is 5.72 Å². The Morgan fingerprint density at radius 2 is 2.11 bits per heavy atom. The second-order valence-corrected chi connectivity index (χ2v) is 9.79. The predicted octanol–water partition coefficient (Wildman–Crippen LogP) is 4.22. The number of rotatable bonds is 5. The van der Waals surface area contributed by atoms with E-state index in [2.05, 4.69) is 23.1 Å². The van der Waals surface area contributed by atoms with Crippen molar-refractivity contribution in [2.75, 3.05) is 13.7 Å². The lowest BCUT2D eigenvalue weighted by molar-refractivity contribution is -0.141. The Labute approximate surface area is 204 Å². The molecule has 8 nitrogen and oxygen atoms in total. The molecule has 0 N–H and O–H groups in total. The number of carbonyl (C=O) groups is 1. The SMILES string of the molecule is CN=Cc1cc(-c2nc(-c3cccc4c3C[C@H]3CC(=O)N5[C@H](C)CO[C@@]435)no2)ccc1OC(C)C. The Balaban J connectivity index is 1.37. The van der Waals surface area contributed by atoms with Crippen molar-refractivity contribution in [3.8, 4) is 28.6 Å². The minimum absolute atomic E-state index is 0.0528. The minimum Gasteiger partial charge on any atom is -0.490 e. The van der Waals surface area contributed by atoms with Crippen LogP contribution in [0, 0.1) is 5.92 Å². The van der Waals surface area contributed by atoms with E-state index >= 15 is 0 Å². The molecule has 35 heavy (non-hydrogen) atoms. The van der Waals surface area contributed by atoms with E-state index in [4.69, 9.17) is 19.0 Å². The number of amides is 1. The molecule has 8 heteroatoms. The van der Waals surface area contributed by atoms with Gasteiger partial charge in [0, 0.05) is 47.9 Å². The second kappa shape index (κ2) is 8.02. The smallest absolute Gasteiger partial charge is 0.258 e. The molecule has 0 bridgehead atoms. The standard InChI is InChI=1S/C27H28N4O4/c1-15(2)34-23-9-8-17(10-18(23)13-28-4)26-29-25(30-35-26)20-6-5-7-22-21(20)11-19-12-24(32)31-16(3)14-33-27(19,22)31/h5-10,13,15-16,19H,11-12,14H2,1-4H3/t16-,19+,27-/m1/s1. The van der Waals surface area contributed by atoms with Crippen LogP contribution >= 0.6 is 0 Å². The number of aromatic nitrogens is 2. The molecule has 2 aromatic carbocycles. The summed E-state index contributed by atoms with van der Waals surface area (Å²) in [5.74, 6) is 2.00. The molecule has 0 radical (unpaired) electrons. The molecule has 3 aliphatic rings. The van der Waals surface area contributed by atoms with E-state index in [0.29, 0.717) is 24.7 Å². The molecular weight excluding hydrogens is 444 g/mol. The van der Waals surface area contributed by atoms with E-state index in [9.17, 15) is 4.79 Å². The number of hydrogen-bond donors (Lipinski definition) is 0. The van der Waals surface area contributed by atoms with Gasteiger partial charge in [-0.2, -0.15) is 4.98 Å². The lowest BCUT2D eigenvalue weighted by Gasteiger charge is -2.33. The third-order valence-electron chi connectivity index (χ3n) is 7.15. The molecule has 0 saturated carbocycles. The fourth-order valence-corrected chi connectivity index (χ4v) is 5.88. The number of nitrogens with zero attached hydrogens (tertiary/aromatic N) is 4. The van der Waals surface area contributed by atoms with Crippen LogP contribution in [0.2, 0.25) is 0 Å². The summed E-state index contributed by atoms with van der Waals surface area (Å²) in [5.41, 5.74) is 4.10. The third-order valence-corrected chi connectivity index (χ3v) is 7.15. The van der Waals surface area contributed by atoms with Gasteiger partial charge in [0.25, 0.3) is 5.89 Å². The Morgan fingerprint density at radius 1 is 1.26 bits per heavy atom. The van der Waals surface area contributed by atoms with Crippen molar-refractivity contribution >= 4 is 12.1 Å². The van der Waals surface area contributed by atoms with Crippen LogP contribution in [0.1, 0.15) is 43.9 Å². The van der Waals surface area contributed by atoms with Crippen LogP contribution in [-0.4, -0.2) is 53.0 Å². The maximum absolute atomic E-state index is 12.7. The lowest BCUT2D eigenvalue weighted by atomic mass is 9.97. The molecule has 1 spiro atoms. The third kappa shape index (κ3) is 3.23. The molecule has 3 aromatic rings. The van der Waals surface area contributed by atoms with Gasteiger partial charge in [-0.25, -0.2) is 0 Å². The molecule has 3 heterocycles. The van der Waals surface area contributed by atoms with E-state index in [-0.39, 0.29) is 24.0 Å². The monoisotopic (exact) mass is 472 g/mol. The molecule has 2 aliphatic heterocycles. The van der Waals surface area contributed by atoms with Gasteiger partial charge in [0.2, 0.25) is 11.7 Å². The first-order valence-electron chi connectivity index (χ1n) is 12.1. The van der Waals surface area contributed by atoms with Gasteiger partial charge in [0.1, 0.15) is 5.75 Å². The van der Waals surface area contributed by atoms with Crippen LogP contribution in [0.5, 0.6) is 5.75 Å². The summed E-state index contributed by atoms with van der Waals surface area (Å²) < 4.78 is 17.9. The molecule has 180 valence electrons. The maximum atomic E-state index is 12.7. The van der Waals surface area contributed by atoms with Gasteiger partial charge >= 0.3 is 0 Å². The van der Waals surface area contributed by atoms with Crippen molar-refractivity contribution in [3.63, 3.8) is 0 Å². The molecule has 0 unspecified atom stereocenters. The highest BCUT2D eigenvalue weighted by molar-refractivity contribution is 5.86. The molecule has 6 rings (SSSR count). The van der Waals surface area contributed by atoms with Crippen LogP contribution in [-0.2, 0) is 21.7 Å². The van der Waals surface area contributed by atoms with E-state index in [1.807, 2.05) is 49.1 Å². The van der Waals surface area contributed by atoms with Gasteiger partial charge in [-0.15, -0.1) is 0 Å². The van der Waals surface area contributed by atoms with Crippen molar-refractivity contribution in [1.82, 2.24) is 15.0 Å². The van der Waals surface area contributed by atoms with Gasteiger partial charge in [0.05, 0.1) is 18.8 Å². The average molecular weight is 473 g/mol. The molecule has 2 saturated heterocycles. The number of carbonyl (C=O) groups excluding carboxylic acids is 1. The van der Waals surface area contributed by atoms with Crippen LogP contribution in [0.4, 0.5) is 0 Å². The summed E-state index contributed by atoms with van der Waals surface area (Å²) >= 11 is 0. The summed E-state index contributed by atoms with van der Waals surface area (Å²) in [7, 11) is 1.73. The zero-order valence-corrected chi connectivity index (χ0v) is 20.3. The Morgan fingerprint density at radius 3 is 2.91 bits per heavy atom. The van der Waals surface area contributed by atoms with Crippen molar-refractivity contribution < 1.29 is 18.8 Å². The average Bonchev–Trinajstić information content (AvgIpc) is 3.57. The molecule has 3 atom stereocenters. The number of ether oxygens (including phenoxy) is 2. The van der Waals surface area contributed by atoms with Gasteiger partial charge in [-0.3, -0.25) is 9.79 Å². The van der Waals surface area contributed by atoms with Crippen molar-refractivity contribution in [2.24, 2.45) is 10.9 Å². The predicted molar refractivity (Wildman–Crippen MR) is 130 cm³/mol. The van der Waals surface area contributed by atoms with Crippen LogP contribution in [0.25, 0.3) is 22.8 Å². The topological polar surface area (TPSA) is 90.1 Å². The molecule has 1 aliphatic carbocycles. The molecule has 1 aromatic heterocycles.